The molecule has 7 nitrogen and oxygen atoms in total. The van der Waals surface area contributed by atoms with E-state index < -0.39 is 0 Å². The lowest BCUT2D eigenvalue weighted by molar-refractivity contribution is -0.0247. The smallest absolute Gasteiger partial charge is 0.151 e. The molecule has 0 aliphatic carbocycles. The molecule has 1 saturated heterocycles. The van der Waals surface area contributed by atoms with Gasteiger partial charge in [-0.05, 0) is 32.0 Å². The molecule has 3 rings (SSSR count). The Morgan fingerprint density at radius 3 is 2.92 bits per heavy atom. The van der Waals surface area contributed by atoms with Gasteiger partial charge in [0, 0.05) is 45.1 Å². The van der Waals surface area contributed by atoms with E-state index in [0.717, 1.165) is 50.8 Å². The van der Waals surface area contributed by atoms with Gasteiger partial charge in [-0.2, -0.15) is 10.2 Å². The van der Waals surface area contributed by atoms with E-state index in [0.29, 0.717) is 0 Å². The van der Waals surface area contributed by atoms with Gasteiger partial charge >= 0.3 is 0 Å². The van der Waals surface area contributed by atoms with Crippen LogP contribution < -0.4 is 4.90 Å². The molecular weight excluding hydrogens is 304 g/mol. The number of aryl methyl sites for hydroxylation is 2. The minimum Gasteiger partial charge on any atom is -0.374 e. The Kier molecular flexibility index (Phi) is 5.42. The molecule has 0 amide bonds. The molecule has 24 heavy (non-hydrogen) atoms. The molecular formula is C17H26N6O. The minimum atomic E-state index is 0.186. The first kappa shape index (κ1) is 16.9. The third-order valence-electron chi connectivity index (χ3n) is 4.38. The number of hydrogen-bond donors (Lipinski definition) is 0. The van der Waals surface area contributed by atoms with Crippen LogP contribution in [0.1, 0.15) is 11.4 Å². The maximum Gasteiger partial charge on any atom is 0.151 e. The highest BCUT2D eigenvalue weighted by molar-refractivity contribution is 5.35. The second kappa shape index (κ2) is 7.72. The summed E-state index contributed by atoms with van der Waals surface area (Å²) in [5.74, 6) is 0.876. The molecule has 0 unspecified atom stereocenters. The van der Waals surface area contributed by atoms with Crippen LogP contribution in [-0.2, 0) is 11.3 Å². The van der Waals surface area contributed by atoms with Crippen LogP contribution in [0, 0.1) is 13.8 Å². The molecule has 0 N–H and O–H groups in total. The van der Waals surface area contributed by atoms with Crippen molar-refractivity contribution < 1.29 is 4.74 Å². The normalized spacial score (nSPS) is 18.7. The van der Waals surface area contributed by atoms with Gasteiger partial charge in [-0.25, -0.2) is 0 Å². The second-order valence-electron chi connectivity index (χ2n) is 6.41. The van der Waals surface area contributed by atoms with Crippen molar-refractivity contribution in [3.63, 3.8) is 0 Å². The quantitative estimate of drug-likeness (QED) is 0.791. The first-order valence-corrected chi connectivity index (χ1v) is 8.45. The van der Waals surface area contributed by atoms with E-state index >= 15 is 0 Å². The van der Waals surface area contributed by atoms with Gasteiger partial charge in [-0.1, -0.05) is 0 Å². The molecule has 0 bridgehead atoms. The van der Waals surface area contributed by atoms with Crippen molar-refractivity contribution in [2.45, 2.75) is 26.5 Å². The molecule has 3 heterocycles. The first-order chi connectivity index (χ1) is 11.6. The lowest BCUT2D eigenvalue weighted by atomic mass is 10.2. The molecule has 1 atom stereocenters. The van der Waals surface area contributed by atoms with Crippen molar-refractivity contribution in [2.24, 2.45) is 0 Å². The number of morpholine rings is 1. The summed E-state index contributed by atoms with van der Waals surface area (Å²) in [4.78, 5) is 4.55. The summed E-state index contributed by atoms with van der Waals surface area (Å²) in [7, 11) is 2.03. The average Bonchev–Trinajstić information content (AvgIpc) is 2.91. The van der Waals surface area contributed by atoms with Crippen LogP contribution in [0.4, 0.5) is 5.82 Å². The monoisotopic (exact) mass is 330 g/mol. The number of ether oxygens (including phenoxy) is 1. The van der Waals surface area contributed by atoms with Gasteiger partial charge in [0.05, 0.1) is 24.9 Å². The van der Waals surface area contributed by atoms with E-state index in [-0.39, 0.29) is 6.10 Å². The molecule has 1 aliphatic rings. The predicted octanol–water partition coefficient (Wildman–Crippen LogP) is 1.13. The third-order valence-corrected chi connectivity index (χ3v) is 4.38. The Morgan fingerprint density at radius 2 is 2.21 bits per heavy atom. The van der Waals surface area contributed by atoms with Crippen molar-refractivity contribution in [3.8, 4) is 0 Å². The number of aromatic nitrogens is 4. The predicted molar refractivity (Wildman–Crippen MR) is 93.2 cm³/mol. The van der Waals surface area contributed by atoms with Crippen LogP contribution in [0.3, 0.4) is 0 Å². The molecule has 1 fully saturated rings. The van der Waals surface area contributed by atoms with Gasteiger partial charge < -0.3 is 9.64 Å². The topological polar surface area (TPSA) is 59.3 Å². The molecule has 2 aromatic heterocycles. The maximum atomic E-state index is 5.93. The molecule has 130 valence electrons. The van der Waals surface area contributed by atoms with Crippen LogP contribution in [0.15, 0.2) is 24.4 Å². The van der Waals surface area contributed by atoms with Crippen LogP contribution in [-0.4, -0.2) is 70.8 Å². The molecule has 1 aliphatic heterocycles. The van der Waals surface area contributed by atoms with Crippen LogP contribution in [0.25, 0.3) is 0 Å². The fourth-order valence-electron chi connectivity index (χ4n) is 3.13. The number of anilines is 1. The molecule has 0 radical (unpaired) electrons. The van der Waals surface area contributed by atoms with Gasteiger partial charge in [0.25, 0.3) is 0 Å². The van der Waals surface area contributed by atoms with Gasteiger partial charge in [0.1, 0.15) is 0 Å². The fraction of sp³-hybridized carbons (Fsp3) is 0.588. The Balaban J connectivity index is 1.50. The molecule has 0 aromatic carbocycles. The zero-order chi connectivity index (χ0) is 16.9. The summed E-state index contributed by atoms with van der Waals surface area (Å²) in [6, 6.07) is 6.00. The summed E-state index contributed by atoms with van der Waals surface area (Å²) in [5.41, 5.74) is 2.30. The van der Waals surface area contributed by atoms with Gasteiger partial charge in [0.2, 0.25) is 0 Å². The summed E-state index contributed by atoms with van der Waals surface area (Å²) in [6.45, 7) is 9.57. The first-order valence-electron chi connectivity index (χ1n) is 8.45. The largest absolute Gasteiger partial charge is 0.374 e. The van der Waals surface area contributed by atoms with E-state index in [1.54, 1.807) is 6.20 Å². The Bertz CT molecular complexity index is 644. The highest BCUT2D eigenvalue weighted by Gasteiger charge is 2.22. The standard InChI is InChI=1S/C17H26N6O/c1-14-11-15(2)23(20-14)8-7-22-9-10-24-16(13-22)12-21(3)17-5-4-6-18-19-17/h4-6,11,16H,7-10,12-13H2,1-3H3/t16-/m1/s1. The van der Waals surface area contributed by atoms with Gasteiger partial charge in [-0.15, -0.1) is 5.10 Å². The van der Waals surface area contributed by atoms with E-state index in [1.807, 2.05) is 26.1 Å². The highest BCUT2D eigenvalue weighted by atomic mass is 16.5. The molecule has 2 aromatic rings. The molecule has 0 saturated carbocycles. The van der Waals surface area contributed by atoms with E-state index in [4.69, 9.17) is 4.74 Å². The van der Waals surface area contributed by atoms with Crippen molar-refractivity contribution in [3.05, 3.63) is 35.8 Å². The van der Waals surface area contributed by atoms with Crippen molar-refractivity contribution in [1.29, 1.82) is 0 Å². The maximum absolute atomic E-state index is 5.93. The number of hydrogen-bond acceptors (Lipinski definition) is 6. The number of nitrogens with zero attached hydrogens (tertiary/aromatic N) is 6. The summed E-state index contributed by atoms with van der Waals surface area (Å²) in [6.07, 6.45) is 1.88. The zero-order valence-corrected chi connectivity index (χ0v) is 14.7. The second-order valence-corrected chi connectivity index (χ2v) is 6.41. The lowest BCUT2D eigenvalue weighted by Gasteiger charge is -2.35. The third kappa shape index (κ3) is 4.30. The number of rotatable bonds is 6. The number of likely N-dealkylation sites (N-methyl/N-ethyl adjacent to an activating group) is 1. The van der Waals surface area contributed by atoms with Crippen molar-refractivity contribution in [2.75, 3.05) is 44.7 Å². The van der Waals surface area contributed by atoms with Gasteiger partial charge in [0.15, 0.2) is 5.82 Å². The van der Waals surface area contributed by atoms with Crippen molar-refractivity contribution in [1.82, 2.24) is 24.9 Å². The van der Waals surface area contributed by atoms with E-state index in [9.17, 15) is 0 Å². The Hall–Kier alpha value is -1.99. The Morgan fingerprint density at radius 1 is 1.33 bits per heavy atom. The minimum absolute atomic E-state index is 0.186. The summed E-state index contributed by atoms with van der Waals surface area (Å²) >= 11 is 0. The zero-order valence-electron chi connectivity index (χ0n) is 14.7. The van der Waals surface area contributed by atoms with Crippen LogP contribution in [0.5, 0.6) is 0 Å². The van der Waals surface area contributed by atoms with Crippen molar-refractivity contribution >= 4 is 5.82 Å². The lowest BCUT2D eigenvalue weighted by Crippen LogP contribution is -2.48. The van der Waals surface area contributed by atoms with Crippen LogP contribution in [0.2, 0.25) is 0 Å². The highest BCUT2D eigenvalue weighted by Crippen LogP contribution is 2.11. The van der Waals surface area contributed by atoms with E-state index in [2.05, 4.69) is 42.8 Å². The van der Waals surface area contributed by atoms with Crippen LogP contribution >= 0.6 is 0 Å². The van der Waals surface area contributed by atoms with Gasteiger partial charge in [-0.3, -0.25) is 9.58 Å². The van der Waals surface area contributed by atoms with E-state index in [1.165, 1.54) is 5.69 Å². The SMILES string of the molecule is Cc1cc(C)n(CCN2CCO[C@H](CN(C)c3cccnn3)C2)n1. The summed E-state index contributed by atoms with van der Waals surface area (Å²) < 4.78 is 8.02. The molecule has 7 heteroatoms. The molecule has 0 spiro atoms. The Labute approximate surface area is 143 Å². The summed E-state index contributed by atoms with van der Waals surface area (Å²) in [5, 5.41) is 12.6. The fourth-order valence-corrected chi connectivity index (χ4v) is 3.13. The average molecular weight is 330 g/mol.